The van der Waals surface area contributed by atoms with Gasteiger partial charge in [-0.3, -0.25) is 0 Å². The molecule has 3 heteroatoms. The third-order valence-corrected chi connectivity index (χ3v) is 2.47. The summed E-state index contributed by atoms with van der Waals surface area (Å²) in [5.74, 6) is 1.01. The SMILES string of the molecule is Cc1sccc1OCC1CO1. The van der Waals surface area contributed by atoms with Crippen LogP contribution in [0.3, 0.4) is 0 Å². The van der Waals surface area contributed by atoms with Gasteiger partial charge >= 0.3 is 0 Å². The van der Waals surface area contributed by atoms with E-state index in [4.69, 9.17) is 9.47 Å². The molecule has 1 aromatic heterocycles. The van der Waals surface area contributed by atoms with Gasteiger partial charge in [-0.15, -0.1) is 11.3 Å². The normalized spacial score (nSPS) is 21.7. The van der Waals surface area contributed by atoms with E-state index in [2.05, 4.69) is 6.92 Å². The van der Waals surface area contributed by atoms with Crippen molar-refractivity contribution in [1.82, 2.24) is 0 Å². The Hall–Kier alpha value is -0.540. The maximum absolute atomic E-state index is 5.49. The lowest BCUT2D eigenvalue weighted by molar-refractivity contribution is 0.263. The standard InChI is InChI=1S/C8H10O2S/c1-6-8(2-3-11-6)10-5-7-4-9-7/h2-3,7H,4-5H2,1H3. The van der Waals surface area contributed by atoms with Gasteiger partial charge in [0, 0.05) is 4.88 Å². The highest BCUT2D eigenvalue weighted by Crippen LogP contribution is 2.24. The van der Waals surface area contributed by atoms with Crippen molar-refractivity contribution in [3.63, 3.8) is 0 Å². The van der Waals surface area contributed by atoms with Crippen LogP contribution in [0, 0.1) is 6.92 Å². The zero-order valence-corrected chi connectivity index (χ0v) is 7.19. The summed E-state index contributed by atoms with van der Waals surface area (Å²) in [6, 6.07) is 2.00. The Morgan fingerprint density at radius 2 is 2.64 bits per heavy atom. The minimum absolute atomic E-state index is 0.356. The van der Waals surface area contributed by atoms with Crippen LogP contribution in [0.2, 0.25) is 0 Å². The van der Waals surface area contributed by atoms with E-state index >= 15 is 0 Å². The van der Waals surface area contributed by atoms with Crippen molar-refractivity contribution in [1.29, 1.82) is 0 Å². The smallest absolute Gasteiger partial charge is 0.133 e. The number of thiophene rings is 1. The molecule has 0 amide bonds. The van der Waals surface area contributed by atoms with Gasteiger partial charge in [-0.1, -0.05) is 0 Å². The van der Waals surface area contributed by atoms with Gasteiger partial charge < -0.3 is 9.47 Å². The minimum atomic E-state index is 0.356. The van der Waals surface area contributed by atoms with Crippen LogP contribution in [0.5, 0.6) is 5.75 Å². The molecule has 60 valence electrons. The molecule has 0 aromatic carbocycles. The first-order valence-corrected chi connectivity index (χ1v) is 4.53. The predicted molar refractivity (Wildman–Crippen MR) is 44.3 cm³/mol. The molecule has 2 heterocycles. The fraction of sp³-hybridized carbons (Fsp3) is 0.500. The van der Waals surface area contributed by atoms with Gasteiger partial charge in [0.15, 0.2) is 0 Å². The maximum Gasteiger partial charge on any atom is 0.133 e. The Morgan fingerprint density at radius 1 is 1.82 bits per heavy atom. The lowest BCUT2D eigenvalue weighted by Crippen LogP contribution is -2.03. The van der Waals surface area contributed by atoms with Gasteiger partial charge in [0.2, 0.25) is 0 Å². The van der Waals surface area contributed by atoms with Crippen LogP contribution in [-0.2, 0) is 4.74 Å². The number of ether oxygens (including phenoxy) is 2. The molecule has 11 heavy (non-hydrogen) atoms. The first kappa shape index (κ1) is 7.13. The van der Waals surface area contributed by atoms with Crippen LogP contribution in [-0.4, -0.2) is 19.3 Å². The fourth-order valence-electron chi connectivity index (χ4n) is 0.870. The molecule has 0 aliphatic carbocycles. The zero-order chi connectivity index (χ0) is 7.68. The Morgan fingerprint density at radius 3 is 3.18 bits per heavy atom. The number of aryl methyl sites for hydroxylation is 1. The molecule has 2 rings (SSSR count). The molecule has 1 aliphatic rings. The molecular formula is C8H10O2S. The van der Waals surface area contributed by atoms with E-state index in [9.17, 15) is 0 Å². The molecule has 1 atom stereocenters. The topological polar surface area (TPSA) is 21.8 Å². The van der Waals surface area contributed by atoms with E-state index in [1.165, 1.54) is 4.88 Å². The highest BCUT2D eigenvalue weighted by molar-refractivity contribution is 7.10. The van der Waals surface area contributed by atoms with Gasteiger partial charge in [-0.2, -0.15) is 0 Å². The van der Waals surface area contributed by atoms with E-state index in [1.54, 1.807) is 11.3 Å². The Kier molecular flexibility index (Phi) is 1.84. The molecule has 0 bridgehead atoms. The number of epoxide rings is 1. The van der Waals surface area contributed by atoms with Crippen LogP contribution in [0.4, 0.5) is 0 Å². The van der Waals surface area contributed by atoms with Crippen molar-refractivity contribution < 1.29 is 9.47 Å². The summed E-state index contributed by atoms with van der Waals surface area (Å²) >= 11 is 1.71. The number of rotatable bonds is 3. The number of hydrogen-bond donors (Lipinski definition) is 0. The van der Waals surface area contributed by atoms with Crippen LogP contribution < -0.4 is 4.74 Å². The summed E-state index contributed by atoms with van der Waals surface area (Å²) in [4.78, 5) is 1.24. The van der Waals surface area contributed by atoms with E-state index in [-0.39, 0.29) is 0 Å². The van der Waals surface area contributed by atoms with Crippen molar-refractivity contribution in [3.8, 4) is 5.75 Å². The summed E-state index contributed by atoms with van der Waals surface area (Å²) in [6.45, 7) is 3.63. The average molecular weight is 170 g/mol. The second-order valence-corrected chi connectivity index (χ2v) is 3.73. The predicted octanol–water partition coefficient (Wildman–Crippen LogP) is 1.83. The van der Waals surface area contributed by atoms with Crippen LogP contribution >= 0.6 is 11.3 Å². The highest BCUT2D eigenvalue weighted by Gasteiger charge is 2.23. The quantitative estimate of drug-likeness (QED) is 0.645. The van der Waals surface area contributed by atoms with E-state index in [0.29, 0.717) is 12.7 Å². The molecule has 0 N–H and O–H groups in total. The van der Waals surface area contributed by atoms with Crippen LogP contribution in [0.1, 0.15) is 4.88 Å². The molecule has 0 spiro atoms. The third-order valence-electron chi connectivity index (χ3n) is 1.64. The molecule has 1 unspecified atom stereocenters. The van der Waals surface area contributed by atoms with Crippen LogP contribution in [0.15, 0.2) is 11.4 Å². The van der Waals surface area contributed by atoms with E-state index in [1.807, 2.05) is 11.4 Å². The van der Waals surface area contributed by atoms with Gasteiger partial charge in [-0.05, 0) is 18.4 Å². The first-order valence-electron chi connectivity index (χ1n) is 3.65. The molecule has 2 nitrogen and oxygen atoms in total. The third kappa shape index (κ3) is 1.73. The molecule has 1 aliphatic heterocycles. The summed E-state index contributed by atoms with van der Waals surface area (Å²) in [6.07, 6.45) is 0.356. The molecule has 0 saturated carbocycles. The van der Waals surface area contributed by atoms with Gasteiger partial charge in [0.1, 0.15) is 18.5 Å². The summed E-state index contributed by atoms with van der Waals surface area (Å²) in [5, 5.41) is 2.04. The molecule has 1 fully saturated rings. The first-order chi connectivity index (χ1) is 5.36. The van der Waals surface area contributed by atoms with E-state index < -0.39 is 0 Å². The van der Waals surface area contributed by atoms with Gasteiger partial charge in [-0.25, -0.2) is 0 Å². The van der Waals surface area contributed by atoms with Gasteiger partial charge in [0.25, 0.3) is 0 Å². The summed E-state index contributed by atoms with van der Waals surface area (Å²) in [5.41, 5.74) is 0. The van der Waals surface area contributed by atoms with Gasteiger partial charge in [0.05, 0.1) is 6.61 Å². The van der Waals surface area contributed by atoms with Crippen molar-refractivity contribution in [2.24, 2.45) is 0 Å². The van der Waals surface area contributed by atoms with E-state index in [0.717, 1.165) is 12.4 Å². The lowest BCUT2D eigenvalue weighted by atomic mass is 10.4. The Labute approximate surface area is 69.8 Å². The monoisotopic (exact) mass is 170 g/mol. The van der Waals surface area contributed by atoms with Crippen molar-refractivity contribution >= 4 is 11.3 Å². The molecule has 1 aromatic rings. The largest absolute Gasteiger partial charge is 0.490 e. The molecular weight excluding hydrogens is 160 g/mol. The van der Waals surface area contributed by atoms with Crippen molar-refractivity contribution in [3.05, 3.63) is 16.3 Å². The Balaban J connectivity index is 1.89. The second-order valence-electron chi connectivity index (χ2n) is 2.61. The van der Waals surface area contributed by atoms with Crippen LogP contribution in [0.25, 0.3) is 0 Å². The fourth-order valence-corrected chi connectivity index (χ4v) is 1.51. The zero-order valence-electron chi connectivity index (χ0n) is 6.37. The minimum Gasteiger partial charge on any atom is -0.490 e. The summed E-state index contributed by atoms with van der Waals surface area (Å²) < 4.78 is 10.5. The Bertz CT molecular complexity index is 240. The number of hydrogen-bond acceptors (Lipinski definition) is 3. The lowest BCUT2D eigenvalue weighted by Gasteiger charge is -2.01. The molecule has 0 radical (unpaired) electrons. The van der Waals surface area contributed by atoms with Crippen molar-refractivity contribution in [2.45, 2.75) is 13.0 Å². The van der Waals surface area contributed by atoms with Crippen molar-refractivity contribution in [2.75, 3.05) is 13.2 Å². The second kappa shape index (κ2) is 2.83. The summed E-state index contributed by atoms with van der Waals surface area (Å²) in [7, 11) is 0. The average Bonchev–Trinajstić information content (AvgIpc) is 2.73. The highest BCUT2D eigenvalue weighted by atomic mass is 32.1. The maximum atomic E-state index is 5.49. The molecule has 1 saturated heterocycles.